The topological polar surface area (TPSA) is 71.3 Å². The van der Waals surface area contributed by atoms with E-state index in [0.717, 1.165) is 19.3 Å². The second-order valence-corrected chi connectivity index (χ2v) is 6.69. The highest BCUT2D eigenvalue weighted by Gasteiger charge is 2.51. The summed E-state index contributed by atoms with van der Waals surface area (Å²) in [4.78, 5) is 23.8. The minimum absolute atomic E-state index is 0.179. The normalized spacial score (nSPS) is 30.6. The number of carboxylic acids is 1. The Morgan fingerprint density at radius 2 is 2.00 bits per heavy atom. The van der Waals surface area contributed by atoms with E-state index in [1.54, 1.807) is 7.05 Å². The highest BCUT2D eigenvalue weighted by atomic mass is 35.5. The minimum atomic E-state index is -0.824. The zero-order valence-corrected chi connectivity index (χ0v) is 13.0. The summed E-state index contributed by atoms with van der Waals surface area (Å²) >= 11 is 11.9. The molecule has 1 amide bonds. The molecular formula is C14H16Cl2N2O3. The van der Waals surface area contributed by atoms with Crippen molar-refractivity contribution in [2.45, 2.75) is 25.3 Å². The van der Waals surface area contributed by atoms with Crippen molar-refractivity contribution >= 4 is 35.1 Å². The third-order valence-corrected chi connectivity index (χ3v) is 5.69. The smallest absolute Gasteiger partial charge is 0.308 e. The molecule has 1 aromatic heterocycles. The monoisotopic (exact) mass is 330 g/mol. The molecule has 0 aliphatic heterocycles. The summed E-state index contributed by atoms with van der Waals surface area (Å²) in [6, 6.07) is 1.20. The SMILES string of the molecule is Cn1c(C(=O)NC2C3CCC(C3)C2C(=O)O)cc(Cl)c1Cl. The molecule has 21 heavy (non-hydrogen) atoms. The molecule has 4 unspecified atom stereocenters. The Hall–Kier alpha value is -1.20. The van der Waals surface area contributed by atoms with Crippen LogP contribution < -0.4 is 5.32 Å². The number of nitrogens with zero attached hydrogens (tertiary/aromatic N) is 1. The van der Waals surface area contributed by atoms with Crippen molar-refractivity contribution in [3.63, 3.8) is 0 Å². The van der Waals surface area contributed by atoms with Gasteiger partial charge in [-0.1, -0.05) is 23.2 Å². The molecular weight excluding hydrogens is 315 g/mol. The van der Waals surface area contributed by atoms with E-state index in [9.17, 15) is 14.7 Å². The molecule has 5 nitrogen and oxygen atoms in total. The summed E-state index contributed by atoms with van der Waals surface area (Å²) in [5, 5.41) is 12.9. The number of nitrogens with one attached hydrogen (secondary N) is 1. The number of carboxylic acid groups (broad SMARTS) is 1. The van der Waals surface area contributed by atoms with Crippen molar-refractivity contribution in [1.29, 1.82) is 0 Å². The van der Waals surface area contributed by atoms with Crippen LogP contribution in [0, 0.1) is 17.8 Å². The van der Waals surface area contributed by atoms with Gasteiger partial charge in [0.05, 0.1) is 10.9 Å². The van der Waals surface area contributed by atoms with E-state index in [0.29, 0.717) is 15.9 Å². The standard InChI is InChI=1S/C14H16Cl2N2O3/c1-18-9(5-8(15)12(18)16)13(19)17-11-7-3-2-6(4-7)10(11)14(20)21/h5-7,10-11H,2-4H2,1H3,(H,17,19)(H,20,21). The Balaban J connectivity index is 1.81. The largest absolute Gasteiger partial charge is 0.481 e. The Labute approximate surface area is 132 Å². The molecule has 114 valence electrons. The van der Waals surface area contributed by atoms with E-state index in [-0.39, 0.29) is 23.8 Å². The van der Waals surface area contributed by atoms with E-state index < -0.39 is 11.9 Å². The number of hydrogen-bond donors (Lipinski definition) is 2. The fourth-order valence-electron chi connectivity index (χ4n) is 3.84. The van der Waals surface area contributed by atoms with Crippen LogP contribution in [0.25, 0.3) is 0 Å². The van der Waals surface area contributed by atoms with Crippen LogP contribution in [0.2, 0.25) is 10.2 Å². The van der Waals surface area contributed by atoms with Crippen LogP contribution in [-0.2, 0) is 11.8 Å². The number of hydrogen-bond acceptors (Lipinski definition) is 2. The van der Waals surface area contributed by atoms with Crippen LogP contribution in [0.3, 0.4) is 0 Å². The molecule has 0 radical (unpaired) electrons. The van der Waals surface area contributed by atoms with E-state index in [4.69, 9.17) is 23.2 Å². The first-order valence-corrected chi connectivity index (χ1v) is 7.70. The lowest BCUT2D eigenvalue weighted by atomic mass is 9.84. The van der Waals surface area contributed by atoms with Crippen molar-refractivity contribution in [2.24, 2.45) is 24.8 Å². The maximum absolute atomic E-state index is 12.4. The number of fused-ring (bicyclic) bond motifs is 2. The van der Waals surface area contributed by atoms with Crippen LogP contribution in [-0.4, -0.2) is 27.6 Å². The number of rotatable bonds is 3. The van der Waals surface area contributed by atoms with Crippen LogP contribution in [0.5, 0.6) is 0 Å². The van der Waals surface area contributed by atoms with Crippen LogP contribution in [0.15, 0.2) is 6.07 Å². The molecule has 1 heterocycles. The first-order chi connectivity index (χ1) is 9.90. The van der Waals surface area contributed by atoms with Crippen molar-refractivity contribution in [3.8, 4) is 0 Å². The van der Waals surface area contributed by atoms with Gasteiger partial charge in [0.15, 0.2) is 0 Å². The van der Waals surface area contributed by atoms with Gasteiger partial charge in [-0.2, -0.15) is 0 Å². The van der Waals surface area contributed by atoms with Gasteiger partial charge < -0.3 is 15.0 Å². The Morgan fingerprint density at radius 3 is 2.57 bits per heavy atom. The van der Waals surface area contributed by atoms with Crippen molar-refractivity contribution in [3.05, 3.63) is 21.9 Å². The quantitative estimate of drug-likeness (QED) is 0.894. The van der Waals surface area contributed by atoms with Crippen molar-refractivity contribution in [1.82, 2.24) is 9.88 Å². The number of amides is 1. The third kappa shape index (κ3) is 2.32. The summed E-state index contributed by atoms with van der Waals surface area (Å²) in [6.07, 6.45) is 2.81. The van der Waals surface area contributed by atoms with Crippen LogP contribution >= 0.6 is 23.2 Å². The first kappa shape index (κ1) is 14.7. The highest BCUT2D eigenvalue weighted by Crippen LogP contribution is 2.48. The van der Waals surface area contributed by atoms with Gasteiger partial charge in [-0.05, 0) is 37.2 Å². The second-order valence-electron chi connectivity index (χ2n) is 5.92. The molecule has 1 aromatic rings. The summed E-state index contributed by atoms with van der Waals surface area (Å²) < 4.78 is 1.50. The Morgan fingerprint density at radius 1 is 1.33 bits per heavy atom. The summed E-state index contributed by atoms with van der Waals surface area (Å²) in [5.74, 6) is -1.20. The van der Waals surface area contributed by atoms with E-state index >= 15 is 0 Å². The van der Waals surface area contributed by atoms with Crippen LogP contribution in [0.1, 0.15) is 29.8 Å². The van der Waals surface area contributed by atoms with Crippen molar-refractivity contribution < 1.29 is 14.7 Å². The zero-order valence-electron chi connectivity index (χ0n) is 11.5. The molecule has 0 aromatic carbocycles. The molecule has 0 spiro atoms. The van der Waals surface area contributed by atoms with E-state index in [2.05, 4.69) is 5.32 Å². The average Bonchev–Trinajstić information content (AvgIpc) is 3.08. The number of aliphatic carboxylic acids is 1. The second kappa shape index (κ2) is 5.21. The maximum Gasteiger partial charge on any atom is 0.308 e. The number of halogens is 2. The molecule has 4 atom stereocenters. The Kier molecular flexibility index (Phi) is 3.66. The van der Waals surface area contributed by atoms with E-state index in [1.807, 2.05) is 0 Å². The molecule has 2 bridgehead atoms. The predicted octanol–water partition coefficient (Wildman–Crippen LogP) is 2.56. The van der Waals surface area contributed by atoms with Gasteiger partial charge in [0, 0.05) is 13.1 Å². The fraction of sp³-hybridized carbons (Fsp3) is 0.571. The van der Waals surface area contributed by atoms with Gasteiger partial charge in [-0.15, -0.1) is 0 Å². The maximum atomic E-state index is 12.4. The molecule has 2 saturated carbocycles. The molecule has 2 N–H and O–H groups in total. The fourth-order valence-corrected chi connectivity index (χ4v) is 4.22. The van der Waals surface area contributed by atoms with Gasteiger partial charge in [0.25, 0.3) is 5.91 Å². The van der Waals surface area contributed by atoms with Gasteiger partial charge in [-0.3, -0.25) is 9.59 Å². The zero-order chi connectivity index (χ0) is 15.3. The van der Waals surface area contributed by atoms with Gasteiger partial charge in [0.1, 0.15) is 10.8 Å². The lowest BCUT2D eigenvalue weighted by molar-refractivity contribution is -0.144. The first-order valence-electron chi connectivity index (χ1n) is 6.94. The average molecular weight is 331 g/mol. The highest BCUT2D eigenvalue weighted by molar-refractivity contribution is 6.41. The van der Waals surface area contributed by atoms with Crippen molar-refractivity contribution in [2.75, 3.05) is 0 Å². The van der Waals surface area contributed by atoms with Crippen LogP contribution in [0.4, 0.5) is 0 Å². The lowest BCUT2D eigenvalue weighted by Crippen LogP contribution is -2.47. The number of aromatic nitrogens is 1. The number of carbonyl (C=O) groups is 2. The molecule has 2 aliphatic rings. The summed E-state index contributed by atoms with van der Waals surface area (Å²) in [7, 11) is 1.65. The molecule has 2 aliphatic carbocycles. The summed E-state index contributed by atoms with van der Waals surface area (Å²) in [6.45, 7) is 0. The summed E-state index contributed by atoms with van der Waals surface area (Å²) in [5.41, 5.74) is 0.344. The predicted molar refractivity (Wildman–Crippen MR) is 78.6 cm³/mol. The van der Waals surface area contributed by atoms with Gasteiger partial charge in [0.2, 0.25) is 0 Å². The van der Waals surface area contributed by atoms with Gasteiger partial charge >= 0.3 is 5.97 Å². The lowest BCUT2D eigenvalue weighted by Gasteiger charge is -2.28. The van der Waals surface area contributed by atoms with E-state index in [1.165, 1.54) is 10.6 Å². The molecule has 3 rings (SSSR count). The molecule has 2 fully saturated rings. The molecule has 0 saturated heterocycles. The number of carbonyl (C=O) groups excluding carboxylic acids is 1. The van der Waals surface area contributed by atoms with Gasteiger partial charge in [-0.25, -0.2) is 0 Å². The third-order valence-electron chi connectivity index (χ3n) is 4.85. The minimum Gasteiger partial charge on any atom is -0.481 e. The Bertz CT molecular complexity index is 614. The molecule has 7 heteroatoms.